The number of hydrogen-bond donors (Lipinski definition) is 2. The Bertz CT molecular complexity index is 879. The molecule has 2 N–H and O–H groups in total. The summed E-state index contributed by atoms with van der Waals surface area (Å²) in [6.07, 6.45) is 0. The Morgan fingerprint density at radius 3 is 2.42 bits per heavy atom. The van der Waals surface area contributed by atoms with E-state index >= 15 is 0 Å². The monoisotopic (exact) mass is 351 g/mol. The fourth-order valence-electron chi connectivity index (χ4n) is 2.97. The molecule has 1 aliphatic heterocycles. The van der Waals surface area contributed by atoms with Gasteiger partial charge in [0.15, 0.2) is 0 Å². The zero-order valence-corrected chi connectivity index (χ0v) is 15.0. The summed E-state index contributed by atoms with van der Waals surface area (Å²) in [5.41, 5.74) is 2.32. The Kier molecular flexibility index (Phi) is 4.50. The number of hydrogen-bond acceptors (Lipinski definition) is 3. The predicted octanol–water partition coefficient (Wildman–Crippen LogP) is 2.71. The minimum atomic E-state index is -1.17. The molecule has 1 heterocycles. The number of nitrogens with zero attached hydrogens (tertiary/aromatic N) is 1. The normalized spacial score (nSPS) is 19.4. The van der Waals surface area contributed by atoms with E-state index in [2.05, 4.69) is 10.6 Å². The van der Waals surface area contributed by atoms with Gasteiger partial charge in [0.2, 0.25) is 5.91 Å². The van der Waals surface area contributed by atoms with Gasteiger partial charge in [0.25, 0.3) is 5.91 Å². The van der Waals surface area contributed by atoms with Gasteiger partial charge in [0, 0.05) is 5.69 Å². The van der Waals surface area contributed by atoms with Gasteiger partial charge in [0.05, 0.1) is 0 Å². The van der Waals surface area contributed by atoms with Gasteiger partial charge in [-0.05, 0) is 49.6 Å². The van der Waals surface area contributed by atoms with Crippen LogP contribution in [0.5, 0.6) is 0 Å². The van der Waals surface area contributed by atoms with Crippen molar-refractivity contribution in [2.75, 3.05) is 11.9 Å². The third kappa shape index (κ3) is 3.18. The van der Waals surface area contributed by atoms with Crippen LogP contribution in [0.25, 0.3) is 0 Å². The van der Waals surface area contributed by atoms with Crippen LogP contribution in [0.3, 0.4) is 0 Å². The molecule has 0 saturated carbocycles. The highest BCUT2D eigenvalue weighted by atomic mass is 16.2. The fourth-order valence-corrected chi connectivity index (χ4v) is 2.97. The van der Waals surface area contributed by atoms with Crippen LogP contribution in [0.1, 0.15) is 23.6 Å². The highest BCUT2D eigenvalue weighted by Crippen LogP contribution is 2.28. The van der Waals surface area contributed by atoms with E-state index < -0.39 is 23.4 Å². The largest absolute Gasteiger partial charge is 0.325 e. The van der Waals surface area contributed by atoms with Crippen LogP contribution in [-0.2, 0) is 15.1 Å². The van der Waals surface area contributed by atoms with E-state index in [1.54, 1.807) is 37.3 Å². The number of anilines is 1. The van der Waals surface area contributed by atoms with E-state index in [1.165, 1.54) is 0 Å². The first-order valence-corrected chi connectivity index (χ1v) is 8.38. The number of urea groups is 1. The molecule has 0 unspecified atom stereocenters. The van der Waals surface area contributed by atoms with Crippen LogP contribution < -0.4 is 10.6 Å². The fraction of sp³-hybridized carbons (Fsp3) is 0.250. The SMILES string of the molecule is Cc1ccc(NC(=O)CN2C(=O)N[C@@](C)(c3ccccc3)C2=O)cc1C. The van der Waals surface area contributed by atoms with Crippen molar-refractivity contribution < 1.29 is 14.4 Å². The first-order valence-electron chi connectivity index (χ1n) is 8.38. The number of amides is 4. The van der Waals surface area contributed by atoms with Gasteiger partial charge in [0.1, 0.15) is 12.1 Å². The topological polar surface area (TPSA) is 78.5 Å². The molecule has 0 radical (unpaired) electrons. The van der Waals surface area contributed by atoms with Crippen molar-refractivity contribution >= 4 is 23.5 Å². The van der Waals surface area contributed by atoms with Crippen molar-refractivity contribution in [3.05, 3.63) is 65.2 Å². The molecule has 2 aromatic rings. The van der Waals surface area contributed by atoms with Crippen molar-refractivity contribution in [2.24, 2.45) is 0 Å². The average molecular weight is 351 g/mol. The molecule has 26 heavy (non-hydrogen) atoms. The van der Waals surface area contributed by atoms with E-state index in [4.69, 9.17) is 0 Å². The number of benzene rings is 2. The lowest BCUT2D eigenvalue weighted by molar-refractivity contribution is -0.133. The highest BCUT2D eigenvalue weighted by Gasteiger charge is 2.49. The molecule has 0 spiro atoms. The molecular formula is C20H21N3O3. The van der Waals surface area contributed by atoms with Crippen molar-refractivity contribution in [3.8, 4) is 0 Å². The number of rotatable bonds is 4. The zero-order valence-electron chi connectivity index (χ0n) is 15.0. The third-order valence-corrected chi connectivity index (χ3v) is 4.72. The Morgan fingerprint density at radius 2 is 1.77 bits per heavy atom. The molecule has 0 aliphatic carbocycles. The van der Waals surface area contributed by atoms with Crippen molar-refractivity contribution in [1.29, 1.82) is 0 Å². The minimum absolute atomic E-state index is 0.333. The molecule has 134 valence electrons. The Balaban J connectivity index is 1.73. The van der Waals surface area contributed by atoms with Gasteiger partial charge < -0.3 is 10.6 Å². The lowest BCUT2D eigenvalue weighted by Crippen LogP contribution is -2.42. The van der Waals surface area contributed by atoms with Gasteiger partial charge in [-0.15, -0.1) is 0 Å². The molecule has 4 amide bonds. The van der Waals surface area contributed by atoms with Crippen LogP contribution in [-0.4, -0.2) is 29.3 Å². The lowest BCUT2D eigenvalue weighted by atomic mass is 9.92. The van der Waals surface area contributed by atoms with Gasteiger partial charge in [-0.3, -0.25) is 14.5 Å². The number of nitrogens with one attached hydrogen (secondary N) is 2. The molecule has 3 rings (SSSR count). The van der Waals surface area contributed by atoms with Gasteiger partial charge in [-0.25, -0.2) is 4.79 Å². The van der Waals surface area contributed by atoms with Gasteiger partial charge in [-0.1, -0.05) is 36.4 Å². The average Bonchev–Trinajstić information content (AvgIpc) is 2.83. The van der Waals surface area contributed by atoms with Gasteiger partial charge >= 0.3 is 6.03 Å². The molecular weight excluding hydrogens is 330 g/mol. The van der Waals surface area contributed by atoms with Crippen molar-refractivity contribution in [1.82, 2.24) is 10.2 Å². The predicted molar refractivity (Wildman–Crippen MR) is 98.6 cm³/mol. The van der Waals surface area contributed by atoms with Crippen molar-refractivity contribution in [2.45, 2.75) is 26.3 Å². The number of aryl methyl sites for hydroxylation is 2. The quantitative estimate of drug-likeness (QED) is 0.832. The van der Waals surface area contributed by atoms with E-state index in [9.17, 15) is 14.4 Å². The minimum Gasteiger partial charge on any atom is -0.325 e. The summed E-state index contributed by atoms with van der Waals surface area (Å²) in [5.74, 6) is -0.863. The standard InChI is InChI=1S/C20H21N3O3/c1-13-9-10-16(11-14(13)2)21-17(24)12-23-18(25)20(3,22-19(23)26)15-7-5-4-6-8-15/h4-11H,12H2,1-3H3,(H,21,24)(H,22,26)/t20-/m0/s1. The molecule has 6 nitrogen and oxygen atoms in total. The Morgan fingerprint density at radius 1 is 1.08 bits per heavy atom. The van der Waals surface area contributed by atoms with Gasteiger partial charge in [-0.2, -0.15) is 0 Å². The molecule has 1 atom stereocenters. The summed E-state index contributed by atoms with van der Waals surface area (Å²) in [6.45, 7) is 5.25. The maximum absolute atomic E-state index is 12.8. The van der Waals surface area contributed by atoms with Crippen LogP contribution in [0.4, 0.5) is 10.5 Å². The summed E-state index contributed by atoms with van der Waals surface area (Å²) in [4.78, 5) is 38.3. The van der Waals surface area contributed by atoms with Crippen LogP contribution in [0, 0.1) is 13.8 Å². The van der Waals surface area contributed by atoms with E-state index in [1.807, 2.05) is 32.0 Å². The van der Waals surface area contributed by atoms with E-state index in [0.29, 0.717) is 11.3 Å². The number of imide groups is 1. The van der Waals surface area contributed by atoms with E-state index in [0.717, 1.165) is 16.0 Å². The first kappa shape index (κ1) is 17.7. The van der Waals surface area contributed by atoms with Crippen LogP contribution in [0.15, 0.2) is 48.5 Å². The Labute approximate surface area is 152 Å². The second kappa shape index (κ2) is 6.63. The molecule has 1 saturated heterocycles. The van der Waals surface area contributed by atoms with E-state index in [-0.39, 0.29) is 6.54 Å². The highest BCUT2D eigenvalue weighted by molar-refractivity contribution is 6.10. The molecule has 0 bridgehead atoms. The summed E-state index contributed by atoms with van der Waals surface area (Å²) < 4.78 is 0. The summed E-state index contributed by atoms with van der Waals surface area (Å²) in [6, 6.07) is 14.0. The number of carbonyl (C=O) groups excluding carboxylic acids is 3. The molecule has 0 aromatic heterocycles. The summed E-state index contributed by atoms with van der Waals surface area (Å²) >= 11 is 0. The lowest BCUT2D eigenvalue weighted by Gasteiger charge is -2.22. The second-order valence-electron chi connectivity index (χ2n) is 6.66. The first-order chi connectivity index (χ1) is 12.3. The van der Waals surface area contributed by atoms with Crippen LogP contribution >= 0.6 is 0 Å². The zero-order chi connectivity index (χ0) is 18.9. The van der Waals surface area contributed by atoms with Crippen LogP contribution in [0.2, 0.25) is 0 Å². The summed E-state index contributed by atoms with van der Waals surface area (Å²) in [5, 5.41) is 5.42. The molecule has 1 aliphatic rings. The molecule has 1 fully saturated rings. The maximum atomic E-state index is 12.8. The van der Waals surface area contributed by atoms with Crippen molar-refractivity contribution in [3.63, 3.8) is 0 Å². The second-order valence-corrected chi connectivity index (χ2v) is 6.66. The molecule has 6 heteroatoms. The Hall–Kier alpha value is -3.15. The number of carbonyl (C=O) groups is 3. The smallest absolute Gasteiger partial charge is 0.325 e. The maximum Gasteiger partial charge on any atom is 0.325 e. The summed E-state index contributed by atoms with van der Waals surface area (Å²) in [7, 11) is 0. The molecule has 2 aromatic carbocycles. The third-order valence-electron chi connectivity index (χ3n) is 4.72.